The number of carbonyl (C=O) groups excluding carboxylic acids is 1. The number of H-pyrrole nitrogens is 1. The highest BCUT2D eigenvalue weighted by atomic mass is 16.1. The van der Waals surface area contributed by atoms with E-state index in [1.165, 1.54) is 6.08 Å². The molecule has 2 aromatic rings. The van der Waals surface area contributed by atoms with E-state index in [9.17, 15) is 10.1 Å². The van der Waals surface area contributed by atoms with E-state index in [-0.39, 0.29) is 5.78 Å². The van der Waals surface area contributed by atoms with Gasteiger partial charge in [-0.25, -0.2) is 0 Å². The summed E-state index contributed by atoms with van der Waals surface area (Å²) in [4.78, 5) is 16.8. The lowest BCUT2D eigenvalue weighted by atomic mass is 10.1. The van der Waals surface area contributed by atoms with E-state index in [0.717, 1.165) is 5.56 Å². The number of rotatable bonds is 4. The number of aromatic nitrogens is 1. The lowest BCUT2D eigenvalue weighted by Crippen LogP contribution is -2.03. The number of nitrogens with zero attached hydrogens (tertiary/aromatic N) is 2. The van der Waals surface area contributed by atoms with Crippen molar-refractivity contribution in [3.05, 3.63) is 59.9 Å². The van der Waals surface area contributed by atoms with Crippen LogP contribution in [0.3, 0.4) is 0 Å². The van der Waals surface area contributed by atoms with Crippen LogP contribution in [0.2, 0.25) is 0 Å². The fraction of sp³-hybridized carbons (Fsp3) is 0.125. The molecule has 0 fully saturated rings. The molecular formula is C16H15N3O. The fourth-order valence-electron chi connectivity index (χ4n) is 1.81. The fourth-order valence-corrected chi connectivity index (χ4v) is 1.81. The number of carbonyl (C=O) groups is 1. The average Bonchev–Trinajstić information content (AvgIpc) is 2.90. The summed E-state index contributed by atoms with van der Waals surface area (Å²) in [7, 11) is 3.68. The molecule has 0 aliphatic rings. The van der Waals surface area contributed by atoms with Crippen molar-refractivity contribution >= 4 is 5.78 Å². The third kappa shape index (κ3) is 2.96. The van der Waals surface area contributed by atoms with E-state index in [1.807, 2.05) is 44.4 Å². The van der Waals surface area contributed by atoms with Gasteiger partial charge in [-0.3, -0.25) is 4.79 Å². The van der Waals surface area contributed by atoms with Crippen molar-refractivity contribution in [1.29, 1.82) is 5.26 Å². The van der Waals surface area contributed by atoms with Gasteiger partial charge in [0.05, 0.1) is 17.0 Å². The van der Waals surface area contributed by atoms with Crippen LogP contribution in [-0.2, 0) is 0 Å². The Labute approximate surface area is 118 Å². The van der Waals surface area contributed by atoms with Gasteiger partial charge in [0.2, 0.25) is 5.78 Å². The zero-order chi connectivity index (χ0) is 14.5. The standard InChI is InChI=1S/C16H15N3O/c1-19(2)9-8-15(20)14-10-13(11-17)16(18-14)12-6-4-3-5-7-12/h3-10,18H,1-2H3/b9-8+. The zero-order valence-electron chi connectivity index (χ0n) is 11.4. The number of nitrogens with one attached hydrogen (secondary N) is 1. The first kappa shape index (κ1) is 13.6. The highest BCUT2D eigenvalue weighted by Gasteiger charge is 2.13. The van der Waals surface area contributed by atoms with E-state index in [0.29, 0.717) is 17.0 Å². The number of hydrogen-bond donors (Lipinski definition) is 1. The molecule has 0 aliphatic heterocycles. The Bertz CT molecular complexity index is 675. The molecule has 2 rings (SSSR count). The van der Waals surface area contributed by atoms with Gasteiger partial charge in [-0.05, 0) is 11.6 Å². The molecule has 0 aliphatic carbocycles. The van der Waals surface area contributed by atoms with Crippen LogP contribution in [0.1, 0.15) is 16.1 Å². The molecule has 0 saturated carbocycles. The molecule has 1 heterocycles. The summed E-state index contributed by atoms with van der Waals surface area (Å²) in [6, 6.07) is 13.2. The van der Waals surface area contributed by atoms with Crippen molar-refractivity contribution in [3.8, 4) is 17.3 Å². The number of aromatic amines is 1. The maximum Gasteiger partial charge on any atom is 0.203 e. The number of nitriles is 1. The highest BCUT2D eigenvalue weighted by Crippen LogP contribution is 2.23. The summed E-state index contributed by atoms with van der Waals surface area (Å²) in [5, 5.41) is 9.19. The van der Waals surface area contributed by atoms with E-state index in [4.69, 9.17) is 0 Å². The third-order valence-electron chi connectivity index (χ3n) is 2.79. The monoisotopic (exact) mass is 265 g/mol. The molecule has 1 N–H and O–H groups in total. The minimum Gasteiger partial charge on any atom is -0.383 e. The van der Waals surface area contributed by atoms with E-state index in [2.05, 4.69) is 11.1 Å². The Kier molecular flexibility index (Phi) is 4.02. The lowest BCUT2D eigenvalue weighted by Gasteiger charge is -2.02. The van der Waals surface area contributed by atoms with E-state index >= 15 is 0 Å². The van der Waals surface area contributed by atoms with Crippen molar-refractivity contribution in [2.24, 2.45) is 0 Å². The molecule has 0 amide bonds. The summed E-state index contributed by atoms with van der Waals surface area (Å²) in [5.41, 5.74) is 2.45. The van der Waals surface area contributed by atoms with Crippen molar-refractivity contribution in [2.45, 2.75) is 0 Å². The zero-order valence-corrected chi connectivity index (χ0v) is 11.4. The molecule has 1 aromatic heterocycles. The predicted octanol–water partition coefficient (Wildman–Crippen LogP) is 2.81. The van der Waals surface area contributed by atoms with Gasteiger partial charge in [0.15, 0.2) is 0 Å². The second kappa shape index (κ2) is 5.89. The molecule has 0 spiro atoms. The Morgan fingerprint density at radius 1 is 1.30 bits per heavy atom. The van der Waals surface area contributed by atoms with Crippen molar-refractivity contribution < 1.29 is 4.79 Å². The van der Waals surface area contributed by atoms with Gasteiger partial charge in [0.25, 0.3) is 0 Å². The van der Waals surface area contributed by atoms with Crippen molar-refractivity contribution in [2.75, 3.05) is 14.1 Å². The number of hydrogen-bond acceptors (Lipinski definition) is 3. The quantitative estimate of drug-likeness (QED) is 0.683. The Morgan fingerprint density at radius 3 is 2.60 bits per heavy atom. The van der Waals surface area contributed by atoms with E-state index in [1.54, 1.807) is 17.2 Å². The van der Waals surface area contributed by atoms with Gasteiger partial charge in [-0.15, -0.1) is 0 Å². The SMILES string of the molecule is CN(C)/C=C/C(=O)c1cc(C#N)c(-c2ccccc2)[nH]1. The first-order valence-electron chi connectivity index (χ1n) is 6.19. The summed E-state index contributed by atoms with van der Waals surface area (Å²) < 4.78 is 0. The Morgan fingerprint density at radius 2 is 2.00 bits per heavy atom. The van der Waals surface area contributed by atoms with Crippen LogP contribution in [0.15, 0.2) is 48.7 Å². The largest absolute Gasteiger partial charge is 0.383 e. The average molecular weight is 265 g/mol. The van der Waals surface area contributed by atoms with Crippen LogP contribution in [0.4, 0.5) is 0 Å². The molecule has 0 atom stereocenters. The first-order valence-corrected chi connectivity index (χ1v) is 6.19. The molecule has 4 nitrogen and oxygen atoms in total. The molecular weight excluding hydrogens is 250 g/mol. The Hall–Kier alpha value is -2.80. The maximum atomic E-state index is 12.0. The second-order valence-corrected chi connectivity index (χ2v) is 4.59. The highest BCUT2D eigenvalue weighted by molar-refractivity contribution is 6.04. The smallest absolute Gasteiger partial charge is 0.203 e. The predicted molar refractivity (Wildman–Crippen MR) is 78.1 cm³/mol. The van der Waals surface area contributed by atoms with Crippen molar-refractivity contribution in [3.63, 3.8) is 0 Å². The number of allylic oxidation sites excluding steroid dienone is 1. The molecule has 100 valence electrons. The van der Waals surface area contributed by atoms with E-state index < -0.39 is 0 Å². The van der Waals surface area contributed by atoms with Gasteiger partial charge in [0, 0.05) is 26.4 Å². The number of ketones is 1. The second-order valence-electron chi connectivity index (χ2n) is 4.59. The van der Waals surface area contributed by atoms with Gasteiger partial charge in [0.1, 0.15) is 6.07 Å². The van der Waals surface area contributed by atoms with Crippen LogP contribution in [0.25, 0.3) is 11.3 Å². The summed E-state index contributed by atoms with van der Waals surface area (Å²) >= 11 is 0. The Balaban J connectivity index is 2.38. The van der Waals surface area contributed by atoms with Gasteiger partial charge >= 0.3 is 0 Å². The maximum absolute atomic E-state index is 12.0. The molecule has 0 bridgehead atoms. The van der Waals surface area contributed by atoms with Crippen LogP contribution >= 0.6 is 0 Å². The summed E-state index contributed by atoms with van der Waals surface area (Å²) in [6.07, 6.45) is 3.15. The molecule has 0 unspecified atom stereocenters. The minimum absolute atomic E-state index is 0.155. The molecule has 0 saturated heterocycles. The topological polar surface area (TPSA) is 59.9 Å². The van der Waals surface area contributed by atoms with Crippen LogP contribution in [0, 0.1) is 11.3 Å². The molecule has 20 heavy (non-hydrogen) atoms. The van der Waals surface area contributed by atoms with Crippen molar-refractivity contribution in [1.82, 2.24) is 9.88 Å². The summed E-state index contributed by atoms with van der Waals surface area (Å²) in [6.45, 7) is 0. The number of benzene rings is 1. The van der Waals surface area contributed by atoms with Crippen LogP contribution in [-0.4, -0.2) is 29.8 Å². The third-order valence-corrected chi connectivity index (χ3v) is 2.79. The molecule has 4 heteroatoms. The minimum atomic E-state index is -0.155. The van der Waals surface area contributed by atoms with Gasteiger partial charge in [-0.1, -0.05) is 30.3 Å². The van der Waals surface area contributed by atoms with Gasteiger partial charge in [-0.2, -0.15) is 5.26 Å². The normalized spacial score (nSPS) is 10.4. The van der Waals surface area contributed by atoms with Crippen LogP contribution in [0.5, 0.6) is 0 Å². The molecule has 1 aromatic carbocycles. The van der Waals surface area contributed by atoms with Gasteiger partial charge < -0.3 is 9.88 Å². The lowest BCUT2D eigenvalue weighted by molar-refractivity contribution is 0.104. The first-order chi connectivity index (χ1) is 9.61. The molecule has 0 radical (unpaired) electrons. The summed E-state index contributed by atoms with van der Waals surface area (Å²) in [5.74, 6) is -0.155. The van der Waals surface area contributed by atoms with Crippen LogP contribution < -0.4 is 0 Å².